The normalized spacial score (nSPS) is 12.2. The van der Waals surface area contributed by atoms with Crippen LogP contribution in [0.25, 0.3) is 0 Å². The molecule has 0 aliphatic rings. The van der Waals surface area contributed by atoms with Crippen molar-refractivity contribution in [2.45, 2.75) is 5.92 Å². The monoisotopic (exact) mass is 427 g/mol. The first-order chi connectivity index (χ1) is 10.7. The van der Waals surface area contributed by atoms with Crippen molar-refractivity contribution in [3.63, 3.8) is 0 Å². The fourth-order valence-electron chi connectivity index (χ4n) is 2.09. The van der Waals surface area contributed by atoms with Crippen molar-refractivity contribution in [3.8, 4) is 5.75 Å². The van der Waals surface area contributed by atoms with Gasteiger partial charge in [0.1, 0.15) is 5.75 Å². The smallest absolute Gasteiger partial charge is 0.193 e. The third-order valence-electron chi connectivity index (χ3n) is 3.32. The molecule has 6 heteroatoms. The molecular weight excluding hydrogens is 405 g/mol. The summed E-state index contributed by atoms with van der Waals surface area (Å²) in [6.07, 6.45) is 0. The number of anilines is 1. The van der Waals surface area contributed by atoms with E-state index < -0.39 is 0 Å². The highest BCUT2D eigenvalue weighted by Gasteiger charge is 2.09. The number of halogens is 1. The summed E-state index contributed by atoms with van der Waals surface area (Å²) in [5.41, 5.74) is 7.75. The Bertz CT molecular complexity index is 620. The number of nitrogens with zero attached hydrogens (tertiary/aromatic N) is 1. The van der Waals surface area contributed by atoms with E-state index in [2.05, 4.69) is 10.3 Å². The number of ether oxygens (including phenoxy) is 1. The Labute approximate surface area is 153 Å². The van der Waals surface area contributed by atoms with Crippen molar-refractivity contribution in [2.24, 2.45) is 10.7 Å². The zero-order chi connectivity index (χ0) is 15.8. The molecule has 0 spiro atoms. The van der Waals surface area contributed by atoms with Crippen LogP contribution in [0, 0.1) is 0 Å². The minimum atomic E-state index is -0.0631. The summed E-state index contributed by atoms with van der Waals surface area (Å²) < 4.78 is 5.16. The van der Waals surface area contributed by atoms with Gasteiger partial charge < -0.3 is 20.9 Å². The second-order valence-electron chi connectivity index (χ2n) is 4.87. The van der Waals surface area contributed by atoms with Crippen molar-refractivity contribution in [1.82, 2.24) is 0 Å². The van der Waals surface area contributed by atoms with Gasteiger partial charge in [-0.15, -0.1) is 24.0 Å². The second kappa shape index (κ2) is 10.1. The molecule has 2 aromatic carbocycles. The van der Waals surface area contributed by atoms with E-state index in [9.17, 15) is 5.11 Å². The SMILES string of the molecule is COc1cccc(NC(N)=NCC(CO)c2ccccc2)c1.I. The van der Waals surface area contributed by atoms with Gasteiger partial charge >= 0.3 is 0 Å². The Kier molecular flexibility index (Phi) is 8.42. The molecule has 4 N–H and O–H groups in total. The summed E-state index contributed by atoms with van der Waals surface area (Å²) in [5.74, 6) is 0.991. The topological polar surface area (TPSA) is 79.9 Å². The van der Waals surface area contributed by atoms with Crippen molar-refractivity contribution in [1.29, 1.82) is 0 Å². The number of aliphatic hydroxyl groups is 1. The van der Waals surface area contributed by atoms with Gasteiger partial charge in [0.05, 0.1) is 20.3 Å². The van der Waals surface area contributed by atoms with E-state index in [1.165, 1.54) is 0 Å². The van der Waals surface area contributed by atoms with Crippen LogP contribution in [0.2, 0.25) is 0 Å². The molecule has 0 heterocycles. The summed E-state index contributed by atoms with van der Waals surface area (Å²) in [4.78, 5) is 4.30. The molecule has 1 unspecified atom stereocenters. The van der Waals surface area contributed by atoms with Crippen molar-refractivity contribution in [2.75, 3.05) is 25.6 Å². The van der Waals surface area contributed by atoms with Crippen molar-refractivity contribution < 1.29 is 9.84 Å². The predicted octanol–water partition coefficient (Wildman–Crippen LogP) is 2.82. The number of nitrogens with two attached hydrogens (primary N) is 1. The number of aliphatic imine (C=N–C) groups is 1. The highest BCUT2D eigenvalue weighted by molar-refractivity contribution is 14.0. The lowest BCUT2D eigenvalue weighted by molar-refractivity contribution is 0.268. The lowest BCUT2D eigenvalue weighted by Gasteiger charge is -2.13. The van der Waals surface area contributed by atoms with Gasteiger partial charge in [0.15, 0.2) is 5.96 Å². The van der Waals surface area contributed by atoms with Crippen molar-refractivity contribution >= 4 is 35.6 Å². The van der Waals surface area contributed by atoms with Crippen LogP contribution in [0.4, 0.5) is 5.69 Å². The van der Waals surface area contributed by atoms with Gasteiger partial charge in [0.25, 0.3) is 0 Å². The summed E-state index contributed by atoms with van der Waals surface area (Å²) in [6.45, 7) is 0.448. The minimum absolute atomic E-state index is 0. The molecule has 0 bridgehead atoms. The fraction of sp³-hybridized carbons (Fsp3) is 0.235. The Morgan fingerprint density at radius 3 is 2.61 bits per heavy atom. The van der Waals surface area contributed by atoms with Crippen LogP contribution in [0.5, 0.6) is 5.75 Å². The molecule has 2 aromatic rings. The van der Waals surface area contributed by atoms with Gasteiger partial charge in [-0.2, -0.15) is 0 Å². The standard InChI is InChI=1S/C17H21N3O2.HI/c1-22-16-9-5-8-15(10-16)20-17(18)19-11-14(12-21)13-6-3-2-4-7-13;/h2-10,14,21H,11-12H2,1H3,(H3,18,19,20);1H. The largest absolute Gasteiger partial charge is 0.497 e. The Morgan fingerprint density at radius 1 is 1.22 bits per heavy atom. The first-order valence-corrected chi connectivity index (χ1v) is 7.09. The fourth-order valence-corrected chi connectivity index (χ4v) is 2.09. The molecule has 1 atom stereocenters. The number of methoxy groups -OCH3 is 1. The molecule has 0 radical (unpaired) electrons. The van der Waals surface area contributed by atoms with E-state index in [-0.39, 0.29) is 36.5 Å². The minimum Gasteiger partial charge on any atom is -0.497 e. The average molecular weight is 427 g/mol. The van der Waals surface area contributed by atoms with Crippen LogP contribution < -0.4 is 15.8 Å². The Morgan fingerprint density at radius 2 is 1.96 bits per heavy atom. The van der Waals surface area contributed by atoms with Crippen LogP contribution in [-0.4, -0.2) is 31.3 Å². The maximum absolute atomic E-state index is 9.50. The predicted molar refractivity (Wildman–Crippen MR) is 105 cm³/mol. The third-order valence-corrected chi connectivity index (χ3v) is 3.32. The van der Waals surface area contributed by atoms with Gasteiger partial charge in [0.2, 0.25) is 0 Å². The highest BCUT2D eigenvalue weighted by atomic mass is 127. The highest BCUT2D eigenvalue weighted by Crippen LogP contribution is 2.17. The number of rotatable bonds is 6. The number of hydrogen-bond donors (Lipinski definition) is 3. The second-order valence-corrected chi connectivity index (χ2v) is 4.87. The molecule has 0 amide bonds. The van der Waals surface area contributed by atoms with Gasteiger partial charge in [-0.1, -0.05) is 36.4 Å². The van der Waals surface area contributed by atoms with E-state index in [0.717, 1.165) is 17.0 Å². The van der Waals surface area contributed by atoms with Crippen LogP contribution in [0.3, 0.4) is 0 Å². The lowest BCUT2D eigenvalue weighted by atomic mass is 10.0. The first-order valence-electron chi connectivity index (χ1n) is 7.09. The number of nitrogens with one attached hydrogen (secondary N) is 1. The third kappa shape index (κ3) is 6.07. The maximum atomic E-state index is 9.50. The number of aliphatic hydroxyl groups excluding tert-OH is 1. The molecule has 0 aromatic heterocycles. The maximum Gasteiger partial charge on any atom is 0.193 e. The molecular formula is C17H22IN3O2. The van der Waals surface area contributed by atoms with Crippen LogP contribution in [-0.2, 0) is 0 Å². The quantitative estimate of drug-likeness (QED) is 0.376. The Balaban J connectivity index is 0.00000264. The molecule has 0 fully saturated rings. The first kappa shape index (κ1) is 19.2. The van der Waals surface area contributed by atoms with Crippen molar-refractivity contribution in [3.05, 3.63) is 60.2 Å². The van der Waals surface area contributed by atoms with Crippen LogP contribution >= 0.6 is 24.0 Å². The molecule has 5 nitrogen and oxygen atoms in total. The van der Waals surface area contributed by atoms with Gasteiger partial charge in [0, 0.05) is 17.7 Å². The number of benzene rings is 2. The molecule has 0 saturated carbocycles. The molecule has 2 rings (SSSR count). The molecule has 0 aliphatic carbocycles. The van der Waals surface area contributed by atoms with Gasteiger partial charge in [-0.05, 0) is 17.7 Å². The Hall–Kier alpha value is -1.80. The van der Waals surface area contributed by atoms with E-state index in [1.54, 1.807) is 7.11 Å². The van der Waals surface area contributed by atoms with Gasteiger partial charge in [-0.3, -0.25) is 4.99 Å². The molecule has 0 saturated heterocycles. The van der Waals surface area contributed by atoms with Crippen LogP contribution in [0.15, 0.2) is 59.6 Å². The summed E-state index contributed by atoms with van der Waals surface area (Å²) in [6, 6.07) is 17.2. The average Bonchev–Trinajstić information content (AvgIpc) is 2.56. The summed E-state index contributed by atoms with van der Waals surface area (Å²) in [7, 11) is 1.61. The summed E-state index contributed by atoms with van der Waals surface area (Å²) in [5, 5.41) is 12.5. The van der Waals surface area contributed by atoms with Crippen LogP contribution in [0.1, 0.15) is 11.5 Å². The van der Waals surface area contributed by atoms with E-state index in [0.29, 0.717) is 12.5 Å². The molecule has 124 valence electrons. The zero-order valence-corrected chi connectivity index (χ0v) is 15.3. The molecule has 0 aliphatic heterocycles. The lowest BCUT2D eigenvalue weighted by Crippen LogP contribution is -2.24. The van der Waals surface area contributed by atoms with E-state index in [4.69, 9.17) is 10.5 Å². The summed E-state index contributed by atoms with van der Waals surface area (Å²) >= 11 is 0. The van der Waals surface area contributed by atoms with E-state index >= 15 is 0 Å². The zero-order valence-electron chi connectivity index (χ0n) is 13.0. The van der Waals surface area contributed by atoms with E-state index in [1.807, 2.05) is 54.6 Å². The number of hydrogen-bond acceptors (Lipinski definition) is 3. The van der Waals surface area contributed by atoms with Gasteiger partial charge in [-0.25, -0.2) is 0 Å². The molecule has 23 heavy (non-hydrogen) atoms. The number of guanidine groups is 1.